The summed E-state index contributed by atoms with van der Waals surface area (Å²) in [5.74, 6) is -0.372. The Hall–Kier alpha value is -3.32. The van der Waals surface area contributed by atoms with Crippen molar-refractivity contribution in [1.82, 2.24) is 5.32 Å². The number of carbonyl (C=O) groups excluding carboxylic acids is 1. The maximum absolute atomic E-state index is 12.2. The van der Waals surface area contributed by atoms with Crippen LogP contribution in [0.15, 0.2) is 66.3 Å². The second-order valence-corrected chi connectivity index (χ2v) is 6.15. The van der Waals surface area contributed by atoms with Crippen LogP contribution in [0.2, 0.25) is 0 Å². The molecule has 2 aromatic rings. The summed E-state index contributed by atoms with van der Waals surface area (Å²) in [6.07, 6.45) is 5.12. The number of anilines is 1. The van der Waals surface area contributed by atoms with Gasteiger partial charge in [0.15, 0.2) is 0 Å². The van der Waals surface area contributed by atoms with E-state index in [1.807, 2.05) is 86.6 Å². The number of amides is 1. The van der Waals surface area contributed by atoms with E-state index in [1.165, 1.54) is 6.08 Å². The number of nitriles is 1. The molecule has 1 amide bonds. The van der Waals surface area contributed by atoms with E-state index in [2.05, 4.69) is 5.32 Å². The van der Waals surface area contributed by atoms with Gasteiger partial charge < -0.3 is 10.2 Å². The van der Waals surface area contributed by atoms with Gasteiger partial charge in [-0.1, -0.05) is 48.6 Å². The van der Waals surface area contributed by atoms with Crippen molar-refractivity contribution in [3.05, 3.63) is 82.9 Å². The minimum absolute atomic E-state index is 0.0831. The maximum atomic E-state index is 12.2. The molecule has 0 saturated heterocycles. The lowest BCUT2D eigenvalue weighted by atomic mass is 10.1. The molecule has 4 heteroatoms. The lowest BCUT2D eigenvalue weighted by molar-refractivity contribution is -0.117. The number of hydrogen-bond donors (Lipinski definition) is 1. The maximum Gasteiger partial charge on any atom is 0.262 e. The summed E-state index contributed by atoms with van der Waals surface area (Å²) in [4.78, 5) is 14.2. The Balaban J connectivity index is 1.99. The molecule has 0 radical (unpaired) electrons. The normalized spacial score (nSPS) is 11.2. The molecule has 4 nitrogen and oxygen atoms in total. The molecule has 1 N–H and O–H groups in total. The molecule has 0 aromatic heterocycles. The first-order chi connectivity index (χ1) is 12.5. The van der Waals surface area contributed by atoms with Crippen LogP contribution in [0, 0.1) is 18.3 Å². The fraction of sp³-hybridized carbons (Fsp3) is 0.182. The third kappa shape index (κ3) is 5.35. The highest BCUT2D eigenvalue weighted by Gasteiger charge is 2.07. The highest BCUT2D eigenvalue weighted by atomic mass is 16.1. The van der Waals surface area contributed by atoms with Gasteiger partial charge in [0.2, 0.25) is 0 Å². The monoisotopic (exact) mass is 345 g/mol. The van der Waals surface area contributed by atoms with Crippen molar-refractivity contribution in [3.8, 4) is 6.07 Å². The van der Waals surface area contributed by atoms with Crippen molar-refractivity contribution in [2.24, 2.45) is 0 Å². The van der Waals surface area contributed by atoms with Crippen molar-refractivity contribution in [1.29, 1.82) is 5.26 Å². The number of hydrogen-bond acceptors (Lipinski definition) is 3. The Morgan fingerprint density at radius 2 is 1.85 bits per heavy atom. The van der Waals surface area contributed by atoms with Crippen LogP contribution < -0.4 is 10.2 Å². The summed E-state index contributed by atoms with van der Waals surface area (Å²) in [5, 5.41) is 12.0. The Labute approximate surface area is 155 Å². The molecule has 0 aliphatic rings. The van der Waals surface area contributed by atoms with Gasteiger partial charge in [-0.15, -0.1) is 0 Å². The van der Waals surface area contributed by atoms with Crippen LogP contribution in [0.25, 0.3) is 6.08 Å². The topological polar surface area (TPSA) is 56.1 Å². The number of benzene rings is 2. The number of nitrogens with one attached hydrogen (secondary N) is 1. The van der Waals surface area contributed by atoms with Gasteiger partial charge in [-0.05, 0) is 41.8 Å². The fourth-order valence-electron chi connectivity index (χ4n) is 2.38. The predicted molar refractivity (Wildman–Crippen MR) is 107 cm³/mol. The zero-order valence-corrected chi connectivity index (χ0v) is 15.4. The molecule has 0 aliphatic carbocycles. The van der Waals surface area contributed by atoms with E-state index in [9.17, 15) is 10.1 Å². The van der Waals surface area contributed by atoms with Crippen LogP contribution >= 0.6 is 0 Å². The van der Waals surface area contributed by atoms with Gasteiger partial charge >= 0.3 is 0 Å². The van der Waals surface area contributed by atoms with Gasteiger partial charge in [0.1, 0.15) is 11.6 Å². The van der Waals surface area contributed by atoms with Gasteiger partial charge in [0, 0.05) is 26.3 Å². The van der Waals surface area contributed by atoms with Crippen LogP contribution in [0.1, 0.15) is 16.7 Å². The third-order valence-corrected chi connectivity index (χ3v) is 4.03. The quantitative estimate of drug-likeness (QED) is 0.492. The van der Waals surface area contributed by atoms with E-state index in [4.69, 9.17) is 0 Å². The van der Waals surface area contributed by atoms with Crippen molar-refractivity contribution in [3.63, 3.8) is 0 Å². The minimum Gasteiger partial charge on any atom is -0.378 e. The lowest BCUT2D eigenvalue weighted by Crippen LogP contribution is -2.24. The molecule has 0 aliphatic heterocycles. The summed E-state index contributed by atoms with van der Waals surface area (Å²) < 4.78 is 0. The number of nitrogens with zero attached hydrogens (tertiary/aromatic N) is 2. The summed E-state index contributed by atoms with van der Waals surface area (Å²) >= 11 is 0. The highest BCUT2D eigenvalue weighted by molar-refractivity contribution is 5.97. The molecule has 0 unspecified atom stereocenters. The summed E-state index contributed by atoms with van der Waals surface area (Å²) in [6, 6.07) is 17.8. The van der Waals surface area contributed by atoms with E-state index in [-0.39, 0.29) is 11.5 Å². The van der Waals surface area contributed by atoms with Gasteiger partial charge in [-0.25, -0.2) is 0 Å². The summed E-state index contributed by atoms with van der Waals surface area (Å²) in [7, 11) is 3.98. The smallest absolute Gasteiger partial charge is 0.262 e. The van der Waals surface area contributed by atoms with Crippen LogP contribution in [-0.2, 0) is 11.3 Å². The van der Waals surface area contributed by atoms with Gasteiger partial charge in [-0.3, -0.25) is 4.79 Å². The Morgan fingerprint density at radius 3 is 2.46 bits per heavy atom. The molecular weight excluding hydrogens is 322 g/mol. The predicted octanol–water partition coefficient (Wildman–Crippen LogP) is 3.84. The zero-order valence-electron chi connectivity index (χ0n) is 15.4. The van der Waals surface area contributed by atoms with Crippen molar-refractivity contribution in [2.75, 3.05) is 19.0 Å². The summed E-state index contributed by atoms with van der Waals surface area (Å²) in [5.41, 5.74) is 4.35. The largest absolute Gasteiger partial charge is 0.378 e. The van der Waals surface area contributed by atoms with E-state index >= 15 is 0 Å². The fourth-order valence-corrected chi connectivity index (χ4v) is 2.38. The lowest BCUT2D eigenvalue weighted by Gasteiger charge is -2.11. The molecule has 0 bridgehead atoms. The average Bonchev–Trinajstić information content (AvgIpc) is 2.64. The first-order valence-electron chi connectivity index (χ1n) is 8.40. The second-order valence-electron chi connectivity index (χ2n) is 6.15. The SMILES string of the molecule is Cc1ccccc1CNC(=O)/C(C#N)=C/C=C/c1ccc(N(C)C)cc1. The zero-order chi connectivity index (χ0) is 18.9. The number of aryl methyl sites for hydroxylation is 1. The molecule has 0 saturated carbocycles. The van der Waals surface area contributed by atoms with Crippen LogP contribution in [0.4, 0.5) is 5.69 Å². The number of allylic oxidation sites excluding steroid dienone is 2. The Morgan fingerprint density at radius 1 is 1.15 bits per heavy atom. The first kappa shape index (κ1) is 19.0. The van der Waals surface area contributed by atoms with E-state index in [0.717, 1.165) is 22.4 Å². The molecule has 0 spiro atoms. The van der Waals surface area contributed by atoms with Gasteiger partial charge in [-0.2, -0.15) is 5.26 Å². The highest BCUT2D eigenvalue weighted by Crippen LogP contribution is 2.13. The standard InChI is InChI=1S/C22H23N3O/c1-17-7-4-5-9-20(17)16-24-22(26)19(15-23)10-6-8-18-11-13-21(14-12-18)25(2)3/h4-14H,16H2,1-3H3,(H,24,26)/b8-6+,19-10+. The van der Waals surface area contributed by atoms with Crippen molar-refractivity contribution in [2.45, 2.75) is 13.5 Å². The third-order valence-electron chi connectivity index (χ3n) is 4.03. The van der Waals surface area contributed by atoms with Gasteiger partial charge in [0.25, 0.3) is 5.91 Å². The second kappa shape index (κ2) is 9.24. The number of rotatable bonds is 6. The molecule has 132 valence electrons. The molecule has 0 fully saturated rings. The molecule has 2 rings (SSSR count). The Bertz CT molecular complexity index is 856. The van der Waals surface area contributed by atoms with Gasteiger partial charge in [0.05, 0.1) is 0 Å². The van der Waals surface area contributed by atoms with E-state index < -0.39 is 0 Å². The van der Waals surface area contributed by atoms with Crippen LogP contribution in [0.3, 0.4) is 0 Å². The average molecular weight is 345 g/mol. The van der Waals surface area contributed by atoms with Crippen LogP contribution in [0.5, 0.6) is 0 Å². The van der Waals surface area contributed by atoms with E-state index in [1.54, 1.807) is 6.08 Å². The molecular formula is C22H23N3O. The van der Waals surface area contributed by atoms with Crippen molar-refractivity contribution < 1.29 is 4.79 Å². The molecule has 26 heavy (non-hydrogen) atoms. The minimum atomic E-state index is -0.372. The van der Waals surface area contributed by atoms with Crippen LogP contribution in [-0.4, -0.2) is 20.0 Å². The molecule has 0 atom stereocenters. The first-order valence-corrected chi connectivity index (χ1v) is 8.40. The van der Waals surface area contributed by atoms with E-state index in [0.29, 0.717) is 6.54 Å². The summed E-state index contributed by atoms with van der Waals surface area (Å²) in [6.45, 7) is 2.40. The number of carbonyl (C=O) groups is 1. The Kier molecular flexibility index (Phi) is 6.75. The molecule has 0 heterocycles. The van der Waals surface area contributed by atoms with Crippen molar-refractivity contribution >= 4 is 17.7 Å². The molecule has 2 aromatic carbocycles.